The highest BCUT2D eigenvalue weighted by atomic mass is 28.4. The lowest BCUT2D eigenvalue weighted by molar-refractivity contribution is 0.0179. The number of benzene rings is 1. The maximum Gasteiger partial charge on any atom is 0.192 e. The smallest absolute Gasteiger partial charge is 0.192 e. The van der Waals surface area contributed by atoms with Crippen molar-refractivity contribution in [2.45, 2.75) is 77.6 Å². The van der Waals surface area contributed by atoms with Crippen molar-refractivity contribution in [1.29, 1.82) is 0 Å². The summed E-state index contributed by atoms with van der Waals surface area (Å²) >= 11 is 0. The number of Topliss-reactive ketones (excluding diaryl/α,β-unsaturated/α-hetero) is 1. The molecule has 3 rings (SSSR count). The van der Waals surface area contributed by atoms with Crippen LogP contribution in [0.15, 0.2) is 24.3 Å². The lowest BCUT2D eigenvalue weighted by atomic mass is 9.70. The number of hydrogen-bond acceptors (Lipinski definition) is 2. The van der Waals surface area contributed by atoms with E-state index in [1.807, 2.05) is 12.1 Å². The third-order valence-electron chi connectivity index (χ3n) is 6.90. The molecule has 0 amide bonds. The summed E-state index contributed by atoms with van der Waals surface area (Å²) in [6.45, 7) is 13.9. The summed E-state index contributed by atoms with van der Waals surface area (Å²) in [4.78, 5) is 13.3. The number of carbonyl (C=O) groups is 1. The summed E-state index contributed by atoms with van der Waals surface area (Å²) in [5.74, 6) is 1.45. The average Bonchev–Trinajstić information content (AvgIpc) is 2.64. The summed E-state index contributed by atoms with van der Waals surface area (Å²) in [6.07, 6.45) is 4.47. The molecule has 0 aliphatic heterocycles. The SMILES string of the molecule is C[C@H]1C[C@H](O[Si](C)(C)C(C)(C)C)[C@@H]2CCc3ccccc3C(=O)[C@H]2C1. The van der Waals surface area contributed by atoms with Crippen LogP contribution in [0.1, 0.15) is 62.9 Å². The Labute approximate surface area is 154 Å². The molecule has 1 fully saturated rings. The Balaban J connectivity index is 1.90. The van der Waals surface area contributed by atoms with Gasteiger partial charge in [-0.15, -0.1) is 0 Å². The lowest BCUT2D eigenvalue weighted by Gasteiger charge is -2.46. The molecule has 2 aliphatic carbocycles. The van der Waals surface area contributed by atoms with Crippen molar-refractivity contribution in [3.05, 3.63) is 35.4 Å². The number of aryl methyl sites for hydroxylation is 1. The van der Waals surface area contributed by atoms with Crippen molar-refractivity contribution in [1.82, 2.24) is 0 Å². The monoisotopic (exact) mass is 358 g/mol. The summed E-state index contributed by atoms with van der Waals surface area (Å²) < 4.78 is 6.87. The Bertz CT molecular complexity index is 644. The van der Waals surface area contributed by atoms with Crippen LogP contribution in [0.4, 0.5) is 0 Å². The molecule has 0 spiro atoms. The van der Waals surface area contributed by atoms with Crippen molar-refractivity contribution in [3.8, 4) is 0 Å². The molecule has 138 valence electrons. The van der Waals surface area contributed by atoms with Crippen molar-refractivity contribution in [2.75, 3.05) is 0 Å². The van der Waals surface area contributed by atoms with Gasteiger partial charge in [0.25, 0.3) is 0 Å². The van der Waals surface area contributed by atoms with Crippen molar-refractivity contribution < 1.29 is 9.22 Å². The molecule has 0 bridgehead atoms. The first-order valence-electron chi connectivity index (χ1n) is 9.90. The van der Waals surface area contributed by atoms with Gasteiger partial charge in [-0.1, -0.05) is 52.0 Å². The Hall–Kier alpha value is -0.933. The van der Waals surface area contributed by atoms with Crippen LogP contribution in [-0.4, -0.2) is 20.2 Å². The van der Waals surface area contributed by atoms with Crippen LogP contribution in [0.25, 0.3) is 0 Å². The van der Waals surface area contributed by atoms with Crippen LogP contribution in [-0.2, 0) is 10.8 Å². The Morgan fingerprint density at radius 1 is 1.12 bits per heavy atom. The molecule has 2 nitrogen and oxygen atoms in total. The van der Waals surface area contributed by atoms with Gasteiger partial charge < -0.3 is 4.43 Å². The summed E-state index contributed by atoms with van der Waals surface area (Å²) in [7, 11) is -1.83. The van der Waals surface area contributed by atoms with Gasteiger partial charge in [0.1, 0.15) is 0 Å². The summed E-state index contributed by atoms with van der Waals surface area (Å²) in [5.41, 5.74) is 2.20. The van der Waals surface area contributed by atoms with Gasteiger partial charge in [-0.05, 0) is 61.2 Å². The van der Waals surface area contributed by atoms with Crippen molar-refractivity contribution >= 4 is 14.1 Å². The van der Waals surface area contributed by atoms with E-state index in [-0.39, 0.29) is 17.1 Å². The van der Waals surface area contributed by atoms with Gasteiger partial charge in [-0.2, -0.15) is 0 Å². The maximum atomic E-state index is 13.3. The van der Waals surface area contributed by atoms with E-state index >= 15 is 0 Å². The molecular weight excluding hydrogens is 324 g/mol. The second-order valence-electron chi connectivity index (χ2n) is 9.82. The summed E-state index contributed by atoms with van der Waals surface area (Å²) in [5, 5.41) is 0.209. The Morgan fingerprint density at radius 3 is 2.48 bits per heavy atom. The van der Waals surface area contributed by atoms with Crippen LogP contribution >= 0.6 is 0 Å². The molecule has 0 radical (unpaired) electrons. The van der Waals surface area contributed by atoms with Crippen LogP contribution in [0.2, 0.25) is 18.1 Å². The highest BCUT2D eigenvalue weighted by Crippen LogP contribution is 2.46. The number of hydrogen-bond donors (Lipinski definition) is 0. The van der Waals surface area contributed by atoms with Crippen molar-refractivity contribution in [2.24, 2.45) is 17.8 Å². The number of ketones is 1. The predicted octanol–water partition coefficient (Wildman–Crippen LogP) is 5.87. The standard InChI is InChI=1S/C22H34O2Si/c1-15-13-19-18(20(14-15)24-25(5,6)22(2,3)4)12-11-16-9-7-8-10-17(16)21(19)23/h7-10,15,18-20H,11-14H2,1-6H3/t15-,18-,19+,20+/m1/s1. The fourth-order valence-electron chi connectivity index (χ4n) is 4.41. The van der Waals surface area contributed by atoms with Gasteiger partial charge in [-0.25, -0.2) is 0 Å². The maximum absolute atomic E-state index is 13.3. The molecular formula is C22H34O2Si. The molecule has 3 heteroatoms. The average molecular weight is 359 g/mol. The quantitative estimate of drug-likeness (QED) is 0.618. The van der Waals surface area contributed by atoms with E-state index in [0.29, 0.717) is 17.6 Å². The van der Waals surface area contributed by atoms with Gasteiger partial charge in [0.2, 0.25) is 0 Å². The topological polar surface area (TPSA) is 26.3 Å². The number of carbonyl (C=O) groups excluding carboxylic acids is 1. The molecule has 0 N–H and O–H groups in total. The van der Waals surface area contributed by atoms with Gasteiger partial charge in [0.05, 0.1) is 0 Å². The second-order valence-corrected chi connectivity index (χ2v) is 14.6. The molecule has 2 aliphatic rings. The van der Waals surface area contributed by atoms with Crippen LogP contribution in [0, 0.1) is 17.8 Å². The minimum Gasteiger partial charge on any atom is -0.414 e. The first kappa shape index (κ1) is 18.8. The molecule has 0 aromatic heterocycles. The fraction of sp³-hybridized carbons (Fsp3) is 0.682. The Kier molecular flexibility index (Phi) is 5.02. The zero-order valence-electron chi connectivity index (χ0n) is 16.8. The van der Waals surface area contributed by atoms with E-state index in [1.165, 1.54) is 5.56 Å². The number of fused-ring (bicyclic) bond motifs is 2. The summed E-state index contributed by atoms with van der Waals surface area (Å²) in [6, 6.07) is 8.24. The largest absolute Gasteiger partial charge is 0.414 e. The van der Waals surface area contributed by atoms with E-state index < -0.39 is 8.32 Å². The fourth-order valence-corrected chi connectivity index (χ4v) is 5.80. The molecule has 25 heavy (non-hydrogen) atoms. The highest BCUT2D eigenvalue weighted by Gasteiger charge is 2.47. The molecule has 4 atom stereocenters. The highest BCUT2D eigenvalue weighted by molar-refractivity contribution is 6.74. The third kappa shape index (κ3) is 3.64. The van der Waals surface area contributed by atoms with E-state index in [4.69, 9.17) is 4.43 Å². The first-order chi connectivity index (χ1) is 11.6. The van der Waals surface area contributed by atoms with E-state index in [2.05, 4.69) is 52.9 Å². The van der Waals surface area contributed by atoms with Gasteiger partial charge in [0.15, 0.2) is 14.1 Å². The predicted molar refractivity (Wildman–Crippen MR) is 107 cm³/mol. The molecule has 1 aromatic rings. The van der Waals surface area contributed by atoms with Crippen LogP contribution in [0.3, 0.4) is 0 Å². The zero-order chi connectivity index (χ0) is 18.4. The zero-order valence-corrected chi connectivity index (χ0v) is 17.8. The molecule has 1 aromatic carbocycles. The number of rotatable bonds is 2. The molecule has 0 heterocycles. The normalized spacial score (nSPS) is 30.4. The minimum absolute atomic E-state index is 0.141. The first-order valence-corrected chi connectivity index (χ1v) is 12.8. The molecule has 0 unspecified atom stereocenters. The van der Waals surface area contributed by atoms with Gasteiger partial charge in [0, 0.05) is 17.6 Å². The van der Waals surface area contributed by atoms with E-state index in [9.17, 15) is 4.79 Å². The van der Waals surface area contributed by atoms with Gasteiger partial charge >= 0.3 is 0 Å². The molecule has 1 saturated carbocycles. The van der Waals surface area contributed by atoms with E-state index in [1.54, 1.807) is 0 Å². The Morgan fingerprint density at radius 2 is 1.80 bits per heavy atom. The van der Waals surface area contributed by atoms with Crippen molar-refractivity contribution in [3.63, 3.8) is 0 Å². The van der Waals surface area contributed by atoms with Crippen LogP contribution < -0.4 is 0 Å². The third-order valence-corrected chi connectivity index (χ3v) is 11.4. The van der Waals surface area contributed by atoms with Crippen LogP contribution in [0.5, 0.6) is 0 Å². The second kappa shape index (κ2) is 6.66. The lowest BCUT2D eigenvalue weighted by Crippen LogP contribution is -2.49. The minimum atomic E-state index is -1.83. The molecule has 0 saturated heterocycles. The van der Waals surface area contributed by atoms with Gasteiger partial charge in [-0.3, -0.25) is 4.79 Å². The van der Waals surface area contributed by atoms with E-state index in [0.717, 1.165) is 31.2 Å².